The third-order valence-electron chi connectivity index (χ3n) is 20.4. The summed E-state index contributed by atoms with van der Waals surface area (Å²) in [4.78, 5) is 189. The van der Waals surface area contributed by atoms with E-state index in [9.17, 15) is 24.3 Å². The van der Waals surface area contributed by atoms with Crippen LogP contribution >= 0.6 is 0 Å². The van der Waals surface area contributed by atoms with E-state index in [1.165, 1.54) is 85.7 Å². The Balaban J connectivity index is 3.16. The third kappa shape index (κ3) is 26.4. The van der Waals surface area contributed by atoms with Gasteiger partial charge in [-0.2, -0.15) is 0 Å². The summed E-state index contributed by atoms with van der Waals surface area (Å²) in [6.45, 7) is 31.6. The van der Waals surface area contributed by atoms with E-state index in [4.69, 9.17) is 5.73 Å². The maximum Gasteiger partial charge on any atom is 0.251 e. The van der Waals surface area contributed by atoms with Gasteiger partial charge in [0.1, 0.15) is 36.3 Å². The number of hydrogen-bond acceptors (Lipinski definition) is 14. The molecule has 0 aliphatic carbocycles. The summed E-state index contributed by atoms with van der Waals surface area (Å²) in [6.07, 6.45) is 5.47. The molecule has 0 radical (unpaired) electrons. The zero-order valence-electron chi connectivity index (χ0n) is 66.8. The van der Waals surface area contributed by atoms with Gasteiger partial charge < -0.3 is 55.8 Å². The molecule has 1 aliphatic rings. The number of likely N-dealkylation sites (N-methyl/N-ethyl adjacent to an activating group) is 7. The molecule has 0 spiro atoms. The van der Waals surface area contributed by atoms with Gasteiger partial charge in [-0.05, 0) is 131 Å². The highest BCUT2D eigenvalue weighted by atomic mass is 16.3. The second kappa shape index (κ2) is 43.4. The minimum Gasteiger partial charge on any atom is -0.390 e. The van der Waals surface area contributed by atoms with Crippen LogP contribution in [0.25, 0.3) is 0 Å². The predicted octanol–water partition coefficient (Wildman–Crippen LogP) is 8.40. The maximum atomic E-state index is 15.7. The van der Waals surface area contributed by atoms with Crippen molar-refractivity contribution in [3.8, 4) is 0 Å². The van der Waals surface area contributed by atoms with Crippen molar-refractivity contribution < 1.29 is 62.6 Å². The number of rotatable bonds is 24. The molecule has 9 amide bonds. The van der Waals surface area contributed by atoms with Crippen molar-refractivity contribution in [2.75, 3.05) is 62.4 Å². The van der Waals surface area contributed by atoms with Crippen LogP contribution in [0.2, 0.25) is 0 Å². The molecule has 1 heterocycles. The van der Waals surface area contributed by atoms with Gasteiger partial charge in [-0.15, -0.1) is 0 Å². The first-order valence-corrected chi connectivity index (χ1v) is 37.7. The Morgan fingerprint density at radius 1 is 0.529 bits per heavy atom. The second-order valence-electron chi connectivity index (χ2n) is 31.6. The Hall–Kier alpha value is -6.88. The van der Waals surface area contributed by atoms with Gasteiger partial charge in [-0.3, -0.25) is 57.5 Å². The zero-order chi connectivity index (χ0) is 78.1. The highest BCUT2D eigenvalue weighted by Gasteiger charge is 2.46. The van der Waals surface area contributed by atoms with Gasteiger partial charge in [0, 0.05) is 105 Å². The number of benzene rings is 1. The van der Waals surface area contributed by atoms with Gasteiger partial charge in [-0.25, -0.2) is 0 Å². The number of unbranched alkanes of at least 4 members (excludes halogenated alkanes) is 3. The van der Waals surface area contributed by atoms with E-state index >= 15 is 38.4 Å². The molecule has 1 unspecified atom stereocenters. The standard InChI is InChI=1S/C79H134N10O13/c1-25-27-32-53(15)70(93)69-67(92)45-57(26-2)74(97)86(21)64(44-56-33-35-58(36-34-56)72(95)81-38-31-29-28-30-37-80)77(100)84(19)61(40-48(5)6)66(91)46-59(51(11)12)75(98)83(18)60(39-47(3)4)65(90)43-54(16)71(94)82-55(17)73(96)85(20)62(41-49(7)8)76(99)87(22)63(42-50(9)10)78(101)88(23)68(52(13)14)79(102)89(69)24/h25,27,33-36,47-55,57,59-64,68-70,93H,26,28-32,37-46,80H2,1-24H3,(H,81,95)(H,82,94)/b27-25+/t53-,54-,55-,57-,59+,60+,61+,62+,63+,64?,68+,69-,70-/m1/s1. The SMILES string of the molecule is C/C=C/C[C@@H](C)[C@@H](O)[C@H]1C(=O)C[C@@H](CC)C(=O)N(C)C(Cc2ccc(C(=O)NCCCCCCN)cc2)C(=O)N(C)[C@@H](CC(C)C)C(=O)C[C@@H](C(C)C)C(=O)N(C)[C@@H](CC(C)C)C(=O)C[C@@H](C)C(=O)N[C@H](C)C(=O)N(C)[C@@H](CC(C)C)C(=O)N(C)[C@@H](CC(C)C)C(=O)N(C)[C@@H](C(C)C)C(=O)N1C. The molecule has 0 aromatic heterocycles. The number of nitrogens with one attached hydrogen (secondary N) is 2. The molecule has 102 heavy (non-hydrogen) atoms. The molecule has 2 rings (SSSR count). The number of nitrogens with zero attached hydrogens (tertiary/aromatic N) is 7. The van der Waals surface area contributed by atoms with E-state index in [1.807, 2.05) is 68.4 Å². The lowest BCUT2D eigenvalue weighted by Gasteiger charge is -2.41. The largest absolute Gasteiger partial charge is 0.390 e. The lowest BCUT2D eigenvalue weighted by molar-refractivity contribution is -0.157. The highest BCUT2D eigenvalue weighted by molar-refractivity contribution is 6.00. The van der Waals surface area contributed by atoms with Crippen molar-refractivity contribution in [1.82, 2.24) is 44.9 Å². The first-order chi connectivity index (χ1) is 47.5. The number of carbonyl (C=O) groups excluding carboxylic acids is 12. The number of hydrogen-bond donors (Lipinski definition) is 4. The Morgan fingerprint density at radius 2 is 0.971 bits per heavy atom. The number of allylic oxidation sites excluding steroid dienone is 2. The minimum absolute atomic E-state index is 0.0681. The molecule has 1 saturated heterocycles. The lowest BCUT2D eigenvalue weighted by atomic mass is 9.84. The molecule has 1 aromatic carbocycles. The Morgan fingerprint density at radius 3 is 1.45 bits per heavy atom. The monoisotopic (exact) mass is 1430 g/mol. The van der Waals surface area contributed by atoms with Crippen molar-refractivity contribution in [1.29, 1.82) is 0 Å². The average Bonchev–Trinajstić information content (AvgIpc) is 0.803. The Bertz CT molecular complexity index is 2970. The molecule has 0 saturated carbocycles. The van der Waals surface area contributed by atoms with E-state index < -0.39 is 161 Å². The number of amides is 9. The van der Waals surface area contributed by atoms with Crippen LogP contribution in [0, 0.1) is 59.2 Å². The molecule has 1 fully saturated rings. The summed E-state index contributed by atoms with van der Waals surface area (Å²) in [7, 11) is 10.3. The molecule has 5 N–H and O–H groups in total. The topological polar surface area (TPSA) is 298 Å². The molecule has 23 nitrogen and oxygen atoms in total. The number of aliphatic hydroxyl groups excluding tert-OH is 1. The number of carbonyl (C=O) groups is 12. The molecular formula is C79H134N10O13. The zero-order valence-corrected chi connectivity index (χ0v) is 66.8. The van der Waals surface area contributed by atoms with E-state index in [2.05, 4.69) is 10.6 Å². The number of nitrogens with two attached hydrogens (primary N) is 1. The van der Waals surface area contributed by atoms with Gasteiger partial charge in [0.15, 0.2) is 17.3 Å². The summed E-state index contributed by atoms with van der Waals surface area (Å²) in [6, 6.07) is -3.15. The average molecular weight is 1430 g/mol. The quantitative estimate of drug-likeness (QED) is 0.0558. The first-order valence-electron chi connectivity index (χ1n) is 37.7. The van der Waals surface area contributed by atoms with Gasteiger partial charge in [0.05, 0.1) is 18.2 Å². The lowest BCUT2D eigenvalue weighted by Crippen LogP contribution is -2.61. The molecule has 13 atom stereocenters. The Labute approximate surface area is 612 Å². The molecule has 578 valence electrons. The van der Waals surface area contributed by atoms with Gasteiger partial charge >= 0.3 is 0 Å². The van der Waals surface area contributed by atoms with Crippen LogP contribution in [0.1, 0.15) is 217 Å². The fourth-order valence-electron chi connectivity index (χ4n) is 13.8. The van der Waals surface area contributed by atoms with Crippen LogP contribution in [0.4, 0.5) is 0 Å². The second-order valence-corrected chi connectivity index (χ2v) is 31.6. The van der Waals surface area contributed by atoms with Crippen LogP contribution in [0.3, 0.4) is 0 Å². The van der Waals surface area contributed by atoms with Crippen molar-refractivity contribution in [2.24, 2.45) is 64.9 Å². The summed E-state index contributed by atoms with van der Waals surface area (Å²) >= 11 is 0. The number of ketones is 3. The van der Waals surface area contributed by atoms with Crippen LogP contribution in [-0.4, -0.2) is 227 Å². The summed E-state index contributed by atoms with van der Waals surface area (Å²) < 4.78 is 0. The van der Waals surface area contributed by atoms with E-state index in [1.54, 1.807) is 78.8 Å². The smallest absolute Gasteiger partial charge is 0.251 e. The summed E-state index contributed by atoms with van der Waals surface area (Å²) in [5.41, 5.74) is 6.59. The van der Waals surface area contributed by atoms with Crippen molar-refractivity contribution in [2.45, 2.75) is 262 Å². The number of aliphatic hydroxyl groups is 1. The van der Waals surface area contributed by atoms with E-state index in [0.717, 1.165) is 30.6 Å². The molecule has 0 bridgehead atoms. The van der Waals surface area contributed by atoms with Crippen LogP contribution < -0.4 is 16.4 Å². The van der Waals surface area contributed by atoms with Crippen LogP contribution in [0.5, 0.6) is 0 Å². The highest BCUT2D eigenvalue weighted by Crippen LogP contribution is 2.31. The van der Waals surface area contributed by atoms with Crippen LogP contribution in [-0.2, 0) is 59.2 Å². The Kier molecular flexibility index (Phi) is 38.8. The maximum absolute atomic E-state index is 15.7. The molecule has 1 aliphatic heterocycles. The van der Waals surface area contributed by atoms with E-state index in [-0.39, 0.29) is 80.9 Å². The minimum atomic E-state index is -1.56. The fraction of sp³-hybridized carbons (Fsp3) is 0.747. The predicted molar refractivity (Wildman–Crippen MR) is 401 cm³/mol. The van der Waals surface area contributed by atoms with Gasteiger partial charge in [0.25, 0.3) is 5.91 Å². The third-order valence-corrected chi connectivity index (χ3v) is 20.4. The number of Topliss-reactive ketones (excluding diaryl/α,β-unsaturated/α-hetero) is 3. The first kappa shape index (κ1) is 91.2. The van der Waals surface area contributed by atoms with Crippen LogP contribution in [0.15, 0.2) is 36.4 Å². The molecule has 23 heteroatoms. The van der Waals surface area contributed by atoms with Gasteiger partial charge in [0.2, 0.25) is 47.3 Å². The normalized spacial score (nSPS) is 25.3. The molecule has 1 aromatic rings. The van der Waals surface area contributed by atoms with Gasteiger partial charge in [-0.1, -0.05) is 141 Å². The summed E-state index contributed by atoms with van der Waals surface area (Å²) in [5.74, 6) is -12.0. The summed E-state index contributed by atoms with van der Waals surface area (Å²) in [5, 5.41) is 18.2. The van der Waals surface area contributed by atoms with Crippen molar-refractivity contribution >= 4 is 70.5 Å². The van der Waals surface area contributed by atoms with Crippen molar-refractivity contribution in [3.63, 3.8) is 0 Å². The van der Waals surface area contributed by atoms with E-state index in [0.29, 0.717) is 30.6 Å². The molecular weight excluding hydrogens is 1300 g/mol. The van der Waals surface area contributed by atoms with Crippen molar-refractivity contribution in [3.05, 3.63) is 47.5 Å². The fourth-order valence-corrected chi connectivity index (χ4v) is 13.8.